The van der Waals surface area contributed by atoms with E-state index in [9.17, 15) is 18.0 Å². The molecule has 1 aliphatic heterocycles. The molecule has 0 aromatic heterocycles. The van der Waals surface area contributed by atoms with Crippen LogP contribution in [0.4, 0.5) is 18.9 Å². The van der Waals surface area contributed by atoms with Crippen molar-refractivity contribution in [2.45, 2.75) is 25.1 Å². The number of halogens is 3. The van der Waals surface area contributed by atoms with Crippen LogP contribution in [-0.4, -0.2) is 37.0 Å². The highest BCUT2D eigenvalue weighted by Crippen LogP contribution is 2.30. The van der Waals surface area contributed by atoms with Crippen LogP contribution in [0.3, 0.4) is 0 Å². The summed E-state index contributed by atoms with van der Waals surface area (Å²) in [6.07, 6.45) is -2.11. The van der Waals surface area contributed by atoms with Crippen LogP contribution >= 0.6 is 0 Å². The monoisotopic (exact) mass is 391 g/mol. The third-order valence-corrected chi connectivity index (χ3v) is 4.90. The van der Waals surface area contributed by atoms with Gasteiger partial charge in [0.25, 0.3) is 0 Å². The van der Waals surface area contributed by atoms with Crippen LogP contribution in [0.5, 0.6) is 0 Å². The number of carbonyl (C=O) groups is 1. The lowest BCUT2D eigenvalue weighted by Crippen LogP contribution is -2.38. The molecule has 0 bridgehead atoms. The fourth-order valence-electron chi connectivity index (χ4n) is 3.45. The molecule has 1 saturated heterocycles. The van der Waals surface area contributed by atoms with Crippen LogP contribution < -0.4 is 10.6 Å². The lowest BCUT2D eigenvalue weighted by atomic mass is 10.1. The lowest BCUT2D eigenvalue weighted by molar-refractivity contribution is -0.137. The number of amides is 1. The molecule has 2 aromatic rings. The third kappa shape index (κ3) is 5.48. The van der Waals surface area contributed by atoms with Crippen molar-refractivity contribution in [2.24, 2.45) is 0 Å². The molecular weight excluding hydrogens is 367 g/mol. The first kappa shape index (κ1) is 20.2. The Bertz CT molecular complexity index is 774. The minimum Gasteiger partial charge on any atom is -0.376 e. The number of carbonyl (C=O) groups excluding carboxylic acids is 1. The average Bonchev–Trinajstić information content (AvgIpc) is 3.21. The molecular formula is C21H24F3N3O. The van der Waals surface area contributed by atoms with Gasteiger partial charge in [0.15, 0.2) is 0 Å². The first-order chi connectivity index (χ1) is 13.4. The van der Waals surface area contributed by atoms with Crippen LogP contribution in [0.2, 0.25) is 0 Å². The SMILES string of the molecule is O=C(CNc1cccc(C(F)(F)F)c1)NCC(c1ccccc1)N1CCCC1. The van der Waals surface area contributed by atoms with Crippen molar-refractivity contribution < 1.29 is 18.0 Å². The summed E-state index contributed by atoms with van der Waals surface area (Å²) in [7, 11) is 0. The van der Waals surface area contributed by atoms with E-state index in [-0.39, 0.29) is 24.2 Å². The minimum absolute atomic E-state index is 0.0805. The Hall–Kier alpha value is -2.54. The van der Waals surface area contributed by atoms with Gasteiger partial charge in [0.05, 0.1) is 18.2 Å². The number of hydrogen-bond donors (Lipinski definition) is 2. The van der Waals surface area contributed by atoms with E-state index >= 15 is 0 Å². The largest absolute Gasteiger partial charge is 0.416 e. The van der Waals surface area contributed by atoms with Crippen LogP contribution in [0, 0.1) is 0 Å². The smallest absolute Gasteiger partial charge is 0.376 e. The summed E-state index contributed by atoms with van der Waals surface area (Å²) in [5.41, 5.74) is 0.677. The lowest BCUT2D eigenvalue weighted by Gasteiger charge is -2.28. The highest BCUT2D eigenvalue weighted by Gasteiger charge is 2.30. The summed E-state index contributed by atoms with van der Waals surface area (Å²) in [5, 5.41) is 5.67. The van der Waals surface area contributed by atoms with Gasteiger partial charge in [-0.2, -0.15) is 13.2 Å². The van der Waals surface area contributed by atoms with E-state index in [2.05, 4.69) is 27.7 Å². The van der Waals surface area contributed by atoms with E-state index in [1.807, 2.05) is 18.2 Å². The molecule has 0 aliphatic carbocycles. The molecule has 150 valence electrons. The number of hydrogen-bond acceptors (Lipinski definition) is 3. The predicted molar refractivity (Wildman–Crippen MR) is 103 cm³/mol. The number of likely N-dealkylation sites (tertiary alicyclic amines) is 1. The van der Waals surface area contributed by atoms with E-state index in [1.165, 1.54) is 12.1 Å². The second kappa shape index (κ2) is 9.10. The molecule has 1 unspecified atom stereocenters. The van der Waals surface area contributed by atoms with Crippen molar-refractivity contribution in [1.29, 1.82) is 0 Å². The van der Waals surface area contributed by atoms with E-state index in [0.29, 0.717) is 6.54 Å². The topological polar surface area (TPSA) is 44.4 Å². The fraction of sp³-hybridized carbons (Fsp3) is 0.381. The summed E-state index contributed by atoms with van der Waals surface area (Å²) in [6.45, 7) is 2.38. The molecule has 4 nitrogen and oxygen atoms in total. The zero-order chi connectivity index (χ0) is 20.0. The summed E-state index contributed by atoms with van der Waals surface area (Å²) in [5.74, 6) is -0.252. The van der Waals surface area contributed by atoms with Gasteiger partial charge in [-0.05, 0) is 49.7 Å². The molecule has 1 amide bonds. The zero-order valence-corrected chi connectivity index (χ0v) is 15.5. The first-order valence-electron chi connectivity index (χ1n) is 9.40. The molecule has 0 radical (unpaired) electrons. The van der Waals surface area contributed by atoms with Crippen LogP contribution in [-0.2, 0) is 11.0 Å². The van der Waals surface area contributed by atoms with Gasteiger partial charge in [-0.25, -0.2) is 0 Å². The average molecular weight is 391 g/mol. The number of rotatable bonds is 7. The standard InChI is InChI=1S/C21H24F3N3O/c22-21(23,24)17-9-6-10-18(13-17)25-15-20(28)26-14-19(27-11-4-5-12-27)16-7-2-1-3-8-16/h1-3,6-10,13,19,25H,4-5,11-12,14-15H2,(H,26,28). The van der Waals surface area contributed by atoms with Gasteiger partial charge in [-0.15, -0.1) is 0 Å². The van der Waals surface area contributed by atoms with Crippen LogP contribution in [0.1, 0.15) is 30.0 Å². The molecule has 1 heterocycles. The molecule has 0 saturated carbocycles. The van der Waals surface area contributed by atoms with Crippen molar-refractivity contribution in [3.63, 3.8) is 0 Å². The van der Waals surface area contributed by atoms with Crippen molar-refractivity contribution in [1.82, 2.24) is 10.2 Å². The van der Waals surface area contributed by atoms with E-state index in [1.54, 1.807) is 0 Å². The highest BCUT2D eigenvalue weighted by molar-refractivity contribution is 5.80. The van der Waals surface area contributed by atoms with Gasteiger partial charge < -0.3 is 10.6 Å². The van der Waals surface area contributed by atoms with Gasteiger partial charge in [0.2, 0.25) is 5.91 Å². The normalized spacial score (nSPS) is 16.0. The molecule has 1 aliphatic rings. The molecule has 7 heteroatoms. The number of nitrogens with one attached hydrogen (secondary N) is 2. The first-order valence-corrected chi connectivity index (χ1v) is 9.40. The fourth-order valence-corrected chi connectivity index (χ4v) is 3.45. The second-order valence-electron chi connectivity index (χ2n) is 6.91. The van der Waals surface area contributed by atoms with Gasteiger partial charge in [-0.1, -0.05) is 36.4 Å². The zero-order valence-electron chi connectivity index (χ0n) is 15.5. The molecule has 28 heavy (non-hydrogen) atoms. The molecule has 1 atom stereocenters. The Morgan fingerprint density at radius 2 is 1.75 bits per heavy atom. The summed E-state index contributed by atoms with van der Waals surface area (Å²) in [4.78, 5) is 14.6. The highest BCUT2D eigenvalue weighted by atomic mass is 19.4. The van der Waals surface area contributed by atoms with Gasteiger partial charge in [0, 0.05) is 12.2 Å². The van der Waals surface area contributed by atoms with Crippen molar-refractivity contribution in [3.05, 3.63) is 65.7 Å². The Labute approximate surface area is 162 Å². The molecule has 3 rings (SSSR count). The third-order valence-electron chi connectivity index (χ3n) is 4.90. The Kier molecular flexibility index (Phi) is 6.57. The van der Waals surface area contributed by atoms with Gasteiger partial charge in [0.1, 0.15) is 0 Å². The summed E-state index contributed by atoms with van der Waals surface area (Å²) >= 11 is 0. The maximum absolute atomic E-state index is 12.8. The van der Waals surface area contributed by atoms with E-state index in [4.69, 9.17) is 0 Å². The quantitative estimate of drug-likeness (QED) is 0.748. The maximum atomic E-state index is 12.8. The Balaban J connectivity index is 1.55. The Morgan fingerprint density at radius 3 is 2.43 bits per heavy atom. The number of anilines is 1. The predicted octanol–water partition coefficient (Wildman–Crippen LogP) is 4.07. The molecule has 0 spiro atoms. The summed E-state index contributed by atoms with van der Waals surface area (Å²) in [6, 6.07) is 15.0. The van der Waals surface area contributed by atoms with E-state index in [0.717, 1.165) is 43.6 Å². The van der Waals surface area contributed by atoms with Crippen molar-refractivity contribution >= 4 is 11.6 Å². The second-order valence-corrected chi connectivity index (χ2v) is 6.91. The molecule has 1 fully saturated rings. The molecule has 2 N–H and O–H groups in total. The number of nitrogens with zero attached hydrogens (tertiary/aromatic N) is 1. The van der Waals surface area contributed by atoms with Crippen LogP contribution in [0.25, 0.3) is 0 Å². The van der Waals surface area contributed by atoms with Gasteiger partial charge >= 0.3 is 6.18 Å². The van der Waals surface area contributed by atoms with Crippen molar-refractivity contribution in [2.75, 3.05) is 31.5 Å². The van der Waals surface area contributed by atoms with Crippen LogP contribution in [0.15, 0.2) is 54.6 Å². The van der Waals surface area contributed by atoms with Gasteiger partial charge in [-0.3, -0.25) is 9.69 Å². The van der Waals surface area contributed by atoms with Crippen molar-refractivity contribution in [3.8, 4) is 0 Å². The molecule has 2 aromatic carbocycles. The number of benzene rings is 2. The Morgan fingerprint density at radius 1 is 1.04 bits per heavy atom. The van der Waals surface area contributed by atoms with E-state index < -0.39 is 11.7 Å². The maximum Gasteiger partial charge on any atom is 0.416 e. The number of alkyl halides is 3. The summed E-state index contributed by atoms with van der Waals surface area (Å²) < 4.78 is 38.3. The minimum atomic E-state index is -4.40.